The van der Waals surface area contributed by atoms with E-state index in [1.165, 1.54) is 37.8 Å². The van der Waals surface area contributed by atoms with Gasteiger partial charge in [-0.2, -0.15) is 0 Å². The fourth-order valence-corrected chi connectivity index (χ4v) is 4.20. The summed E-state index contributed by atoms with van der Waals surface area (Å²) in [5.41, 5.74) is 0.912. The van der Waals surface area contributed by atoms with Crippen LogP contribution in [0, 0.1) is 5.82 Å². The Labute approximate surface area is 211 Å². The number of nitrogens with zero attached hydrogens (tertiary/aromatic N) is 3. The molecule has 8 heteroatoms. The van der Waals surface area contributed by atoms with E-state index in [1.54, 1.807) is 12.1 Å². The molecule has 0 aliphatic carbocycles. The van der Waals surface area contributed by atoms with E-state index in [0.29, 0.717) is 32.7 Å². The van der Waals surface area contributed by atoms with Gasteiger partial charge in [-0.05, 0) is 30.5 Å². The molecule has 4 amide bonds. The molecule has 1 aliphatic heterocycles. The number of benzene rings is 1. The average Bonchev–Trinajstić information content (AvgIpc) is 2.87. The molecule has 7 nitrogen and oxygen atoms in total. The first-order valence-corrected chi connectivity index (χ1v) is 13.6. The van der Waals surface area contributed by atoms with E-state index in [2.05, 4.69) is 29.4 Å². The van der Waals surface area contributed by atoms with Gasteiger partial charge in [0.25, 0.3) is 0 Å². The lowest BCUT2D eigenvalue weighted by molar-refractivity contribution is 0.128. The van der Waals surface area contributed by atoms with Gasteiger partial charge in [0, 0.05) is 58.9 Å². The van der Waals surface area contributed by atoms with Crippen molar-refractivity contribution >= 4 is 12.1 Å². The lowest BCUT2D eigenvalue weighted by Crippen LogP contribution is -2.53. The van der Waals surface area contributed by atoms with Gasteiger partial charge in [0.2, 0.25) is 0 Å². The Morgan fingerprint density at radius 3 is 2.17 bits per heavy atom. The van der Waals surface area contributed by atoms with E-state index in [0.717, 1.165) is 57.4 Å². The molecule has 0 unspecified atom stereocenters. The molecule has 1 aromatic carbocycles. The lowest BCUT2D eigenvalue weighted by atomic mass is 10.1. The maximum atomic E-state index is 13.3. The van der Waals surface area contributed by atoms with Crippen LogP contribution in [0.1, 0.15) is 70.8 Å². The van der Waals surface area contributed by atoms with Crippen LogP contribution in [0.3, 0.4) is 0 Å². The standard InChI is InChI=1S/C27H46FN5O2/c1-3-5-7-8-9-10-16-30-27(35)33(23-24-11-13-25(28)14-12-24)22-19-31-17-20-32(21-18-31)26(34)29-15-6-4-2/h11-14H,3-10,15-23H2,1-2H3,(H,29,34)(H,30,35). The van der Waals surface area contributed by atoms with Gasteiger partial charge in [-0.1, -0.05) is 64.5 Å². The van der Waals surface area contributed by atoms with Crippen molar-refractivity contribution in [2.24, 2.45) is 0 Å². The number of halogens is 1. The summed E-state index contributed by atoms with van der Waals surface area (Å²) in [5, 5.41) is 6.06. The summed E-state index contributed by atoms with van der Waals surface area (Å²) in [7, 11) is 0. The van der Waals surface area contributed by atoms with Crippen LogP contribution in [0.25, 0.3) is 0 Å². The molecule has 1 aromatic rings. The maximum Gasteiger partial charge on any atom is 0.317 e. The highest BCUT2D eigenvalue weighted by molar-refractivity contribution is 5.74. The number of carbonyl (C=O) groups excluding carboxylic acids is 2. The number of piperazine rings is 1. The average molecular weight is 492 g/mol. The second kappa shape index (κ2) is 17.1. The second-order valence-corrected chi connectivity index (χ2v) is 9.46. The van der Waals surface area contributed by atoms with Crippen molar-refractivity contribution in [3.8, 4) is 0 Å². The normalized spacial score (nSPS) is 14.1. The van der Waals surface area contributed by atoms with Crippen LogP contribution in [-0.2, 0) is 6.54 Å². The van der Waals surface area contributed by atoms with Crippen LogP contribution in [0.2, 0.25) is 0 Å². The maximum absolute atomic E-state index is 13.3. The van der Waals surface area contributed by atoms with Crippen LogP contribution in [0.5, 0.6) is 0 Å². The first kappa shape index (κ1) is 28.9. The Balaban J connectivity index is 1.79. The molecule has 0 bridgehead atoms. The van der Waals surface area contributed by atoms with Crippen molar-refractivity contribution in [3.63, 3.8) is 0 Å². The minimum Gasteiger partial charge on any atom is -0.338 e. The minimum atomic E-state index is -0.274. The smallest absolute Gasteiger partial charge is 0.317 e. The van der Waals surface area contributed by atoms with E-state index in [1.807, 2.05) is 9.80 Å². The highest BCUT2D eigenvalue weighted by Crippen LogP contribution is 2.09. The van der Waals surface area contributed by atoms with Gasteiger partial charge in [0.15, 0.2) is 0 Å². The van der Waals surface area contributed by atoms with E-state index in [4.69, 9.17) is 0 Å². The Bertz CT molecular complexity index is 723. The number of unbranched alkanes of at least 4 members (excludes halogenated alkanes) is 6. The number of urea groups is 2. The predicted octanol–water partition coefficient (Wildman–Crippen LogP) is 4.83. The predicted molar refractivity (Wildman–Crippen MR) is 140 cm³/mol. The van der Waals surface area contributed by atoms with Crippen molar-refractivity contribution in [1.29, 1.82) is 0 Å². The van der Waals surface area contributed by atoms with Gasteiger partial charge in [0.1, 0.15) is 5.82 Å². The molecule has 35 heavy (non-hydrogen) atoms. The molecular formula is C27H46FN5O2. The number of rotatable bonds is 15. The van der Waals surface area contributed by atoms with Gasteiger partial charge in [-0.25, -0.2) is 14.0 Å². The molecule has 1 fully saturated rings. The third-order valence-electron chi connectivity index (χ3n) is 6.53. The third kappa shape index (κ3) is 11.8. The molecule has 1 saturated heterocycles. The molecule has 1 heterocycles. The highest BCUT2D eigenvalue weighted by atomic mass is 19.1. The van der Waals surface area contributed by atoms with Crippen molar-refractivity contribution in [2.75, 3.05) is 52.4 Å². The molecule has 1 aliphatic rings. The molecule has 0 saturated carbocycles. The zero-order chi connectivity index (χ0) is 25.3. The van der Waals surface area contributed by atoms with Crippen LogP contribution < -0.4 is 10.6 Å². The van der Waals surface area contributed by atoms with Gasteiger partial charge in [-0.15, -0.1) is 0 Å². The second-order valence-electron chi connectivity index (χ2n) is 9.46. The van der Waals surface area contributed by atoms with E-state index in [9.17, 15) is 14.0 Å². The number of hydrogen-bond acceptors (Lipinski definition) is 3. The molecule has 2 rings (SSSR count). The number of hydrogen-bond donors (Lipinski definition) is 2. The Kier molecular flexibility index (Phi) is 14.1. The summed E-state index contributed by atoms with van der Waals surface area (Å²) in [4.78, 5) is 31.2. The Morgan fingerprint density at radius 2 is 1.49 bits per heavy atom. The summed E-state index contributed by atoms with van der Waals surface area (Å²) in [6, 6.07) is 6.29. The molecule has 0 atom stereocenters. The zero-order valence-corrected chi connectivity index (χ0v) is 21.9. The van der Waals surface area contributed by atoms with Crippen LogP contribution in [-0.4, -0.2) is 79.1 Å². The quantitative estimate of drug-likeness (QED) is 0.346. The number of carbonyl (C=O) groups is 2. The van der Waals surface area contributed by atoms with Gasteiger partial charge >= 0.3 is 12.1 Å². The molecular weight excluding hydrogens is 445 g/mol. The Hall–Kier alpha value is -2.35. The molecule has 2 N–H and O–H groups in total. The summed E-state index contributed by atoms with van der Waals surface area (Å²) >= 11 is 0. The highest BCUT2D eigenvalue weighted by Gasteiger charge is 2.22. The zero-order valence-electron chi connectivity index (χ0n) is 21.9. The van der Waals surface area contributed by atoms with Crippen molar-refractivity contribution in [2.45, 2.75) is 71.8 Å². The third-order valence-corrected chi connectivity index (χ3v) is 6.53. The molecule has 0 aromatic heterocycles. The van der Waals surface area contributed by atoms with Crippen LogP contribution in [0.15, 0.2) is 24.3 Å². The minimum absolute atomic E-state index is 0.0186. The summed E-state index contributed by atoms with van der Waals surface area (Å²) in [6.45, 7) is 10.5. The summed E-state index contributed by atoms with van der Waals surface area (Å²) in [6.07, 6.45) is 9.16. The van der Waals surface area contributed by atoms with Crippen LogP contribution >= 0.6 is 0 Å². The first-order chi connectivity index (χ1) is 17.0. The Morgan fingerprint density at radius 1 is 0.857 bits per heavy atom. The number of nitrogens with one attached hydrogen (secondary N) is 2. The van der Waals surface area contributed by atoms with E-state index >= 15 is 0 Å². The van der Waals surface area contributed by atoms with Gasteiger partial charge in [0.05, 0.1) is 0 Å². The summed E-state index contributed by atoms with van der Waals surface area (Å²) < 4.78 is 13.3. The molecule has 0 radical (unpaired) electrons. The topological polar surface area (TPSA) is 67.9 Å². The monoisotopic (exact) mass is 491 g/mol. The summed E-state index contributed by atoms with van der Waals surface area (Å²) in [5.74, 6) is -0.274. The van der Waals surface area contributed by atoms with Crippen molar-refractivity contribution in [3.05, 3.63) is 35.6 Å². The first-order valence-electron chi connectivity index (χ1n) is 13.6. The largest absolute Gasteiger partial charge is 0.338 e. The number of amides is 4. The van der Waals surface area contributed by atoms with Crippen molar-refractivity contribution in [1.82, 2.24) is 25.3 Å². The fourth-order valence-electron chi connectivity index (χ4n) is 4.20. The van der Waals surface area contributed by atoms with Gasteiger partial charge < -0.3 is 20.4 Å². The van der Waals surface area contributed by atoms with Gasteiger partial charge in [-0.3, -0.25) is 4.90 Å². The lowest BCUT2D eigenvalue weighted by Gasteiger charge is -2.35. The molecule has 198 valence electrons. The van der Waals surface area contributed by atoms with E-state index in [-0.39, 0.29) is 17.9 Å². The SMILES string of the molecule is CCCCCCCCNC(=O)N(CCN1CCN(C(=O)NCCCC)CC1)Cc1ccc(F)cc1. The van der Waals surface area contributed by atoms with Crippen LogP contribution in [0.4, 0.5) is 14.0 Å². The fraction of sp³-hybridized carbons (Fsp3) is 0.704. The van der Waals surface area contributed by atoms with Crippen molar-refractivity contribution < 1.29 is 14.0 Å². The molecule has 0 spiro atoms. The van der Waals surface area contributed by atoms with E-state index < -0.39 is 0 Å².